The van der Waals surface area contributed by atoms with Crippen molar-refractivity contribution in [2.75, 3.05) is 11.6 Å². The van der Waals surface area contributed by atoms with E-state index in [1.807, 2.05) is 42.8 Å². The van der Waals surface area contributed by atoms with Crippen molar-refractivity contribution in [3.63, 3.8) is 0 Å². The molecule has 2 heterocycles. The molecule has 0 spiro atoms. The third-order valence-electron chi connectivity index (χ3n) is 3.52. The number of aliphatic hydroxyl groups is 1. The van der Waals surface area contributed by atoms with Crippen LogP contribution in [0.1, 0.15) is 19.4 Å². The zero-order valence-corrected chi connectivity index (χ0v) is 16.0. The highest BCUT2D eigenvalue weighted by atomic mass is 32.2. The van der Waals surface area contributed by atoms with Crippen molar-refractivity contribution in [2.45, 2.75) is 31.7 Å². The molecule has 3 aromatic rings. The number of rotatable bonds is 6. The van der Waals surface area contributed by atoms with E-state index in [4.69, 9.17) is 0 Å². The van der Waals surface area contributed by atoms with Crippen molar-refractivity contribution in [2.24, 2.45) is 0 Å². The Bertz CT molecular complexity index is 864. The maximum atomic E-state index is 9.61. The van der Waals surface area contributed by atoms with Gasteiger partial charge in [-0.2, -0.15) is 0 Å². The predicted octanol–water partition coefficient (Wildman–Crippen LogP) is 4.30. The predicted molar refractivity (Wildman–Crippen MR) is 105 cm³/mol. The summed E-state index contributed by atoms with van der Waals surface area (Å²) in [5.74, 6) is 0. The van der Waals surface area contributed by atoms with Crippen LogP contribution >= 0.6 is 23.1 Å². The van der Waals surface area contributed by atoms with Crippen molar-refractivity contribution in [1.29, 1.82) is 0 Å². The smallest absolute Gasteiger partial charge is 0.188 e. The number of aliphatic hydroxyl groups excluding tert-OH is 1. The van der Waals surface area contributed by atoms with E-state index in [2.05, 4.69) is 34.1 Å². The molecule has 1 aromatic carbocycles. The van der Waals surface area contributed by atoms with Crippen LogP contribution in [0.4, 0.5) is 5.13 Å². The molecule has 0 aliphatic rings. The van der Waals surface area contributed by atoms with E-state index >= 15 is 0 Å². The zero-order chi connectivity index (χ0) is 17.8. The van der Waals surface area contributed by atoms with Crippen LogP contribution in [0.3, 0.4) is 0 Å². The molecular weight excluding hydrogens is 352 g/mol. The maximum Gasteiger partial charge on any atom is 0.188 e. The Hall–Kier alpha value is -1.96. The number of thiazole rings is 1. The summed E-state index contributed by atoms with van der Waals surface area (Å²) in [6.45, 7) is 4.15. The average Bonchev–Trinajstić information content (AvgIpc) is 3.09. The van der Waals surface area contributed by atoms with Crippen molar-refractivity contribution in [3.8, 4) is 21.8 Å². The van der Waals surface area contributed by atoms with Crippen LogP contribution in [0, 0.1) is 0 Å². The molecule has 0 saturated heterocycles. The van der Waals surface area contributed by atoms with Crippen molar-refractivity contribution < 1.29 is 5.11 Å². The number of nitrogens with zero attached hydrogens (tertiary/aromatic N) is 3. The topological polar surface area (TPSA) is 70.9 Å². The summed E-state index contributed by atoms with van der Waals surface area (Å²) in [5.41, 5.74) is 3.43. The molecule has 2 N–H and O–H groups in total. The van der Waals surface area contributed by atoms with Crippen molar-refractivity contribution in [1.82, 2.24) is 15.0 Å². The lowest BCUT2D eigenvalue weighted by atomic mass is 10.0. The monoisotopic (exact) mass is 372 g/mol. The molecule has 3 rings (SSSR count). The van der Waals surface area contributed by atoms with Crippen molar-refractivity contribution in [3.05, 3.63) is 42.1 Å². The quantitative estimate of drug-likeness (QED) is 0.496. The Kier molecular flexibility index (Phi) is 5.67. The summed E-state index contributed by atoms with van der Waals surface area (Å²) in [7, 11) is 0. The Morgan fingerprint density at radius 3 is 2.68 bits per heavy atom. The van der Waals surface area contributed by atoms with Crippen molar-refractivity contribution >= 4 is 28.2 Å². The highest BCUT2D eigenvalue weighted by molar-refractivity contribution is 7.98. The van der Waals surface area contributed by atoms with Gasteiger partial charge in [-0.05, 0) is 31.7 Å². The second-order valence-corrected chi connectivity index (χ2v) is 7.57. The molecule has 2 aromatic heterocycles. The number of benzene rings is 1. The van der Waals surface area contributed by atoms with E-state index < -0.39 is 0 Å². The largest absolute Gasteiger partial charge is 0.392 e. The van der Waals surface area contributed by atoms with E-state index in [1.54, 1.807) is 11.3 Å². The Labute approximate surface area is 155 Å². The lowest BCUT2D eigenvalue weighted by Crippen LogP contribution is -2.08. The Morgan fingerprint density at radius 1 is 1.20 bits per heavy atom. The van der Waals surface area contributed by atoms with Gasteiger partial charge in [-0.15, -0.1) is 0 Å². The summed E-state index contributed by atoms with van der Waals surface area (Å²) in [6, 6.07) is 10.0. The summed E-state index contributed by atoms with van der Waals surface area (Å²) in [5, 5.41) is 14.5. The van der Waals surface area contributed by atoms with Gasteiger partial charge in [-0.25, -0.2) is 15.0 Å². The molecule has 0 bridgehead atoms. The minimum atomic E-state index is -0.0207. The molecule has 7 heteroatoms. The fourth-order valence-corrected chi connectivity index (χ4v) is 3.70. The third-order valence-corrected chi connectivity index (χ3v) is 5.02. The summed E-state index contributed by atoms with van der Waals surface area (Å²) < 4.78 is 0. The second kappa shape index (κ2) is 7.95. The number of hydrogen-bond acceptors (Lipinski definition) is 7. The van der Waals surface area contributed by atoms with Crippen LogP contribution in [0.2, 0.25) is 0 Å². The second-order valence-electron chi connectivity index (χ2n) is 5.77. The van der Waals surface area contributed by atoms with Gasteiger partial charge in [0, 0.05) is 17.8 Å². The van der Waals surface area contributed by atoms with E-state index in [0.29, 0.717) is 11.2 Å². The molecule has 0 aliphatic heterocycles. The molecule has 0 fully saturated rings. The molecule has 0 atom stereocenters. The molecule has 0 aliphatic carbocycles. The third kappa shape index (κ3) is 4.18. The van der Waals surface area contributed by atoms with Gasteiger partial charge in [0.05, 0.1) is 22.9 Å². The average molecular weight is 373 g/mol. The first-order valence-electron chi connectivity index (χ1n) is 7.95. The van der Waals surface area contributed by atoms with E-state index in [9.17, 15) is 5.11 Å². The molecule has 0 unspecified atom stereocenters. The van der Waals surface area contributed by atoms with E-state index in [1.165, 1.54) is 11.8 Å². The van der Waals surface area contributed by atoms with E-state index in [0.717, 1.165) is 32.5 Å². The maximum absolute atomic E-state index is 9.61. The molecule has 130 valence electrons. The molecule has 0 amide bonds. The van der Waals surface area contributed by atoms with Gasteiger partial charge in [0.25, 0.3) is 0 Å². The highest BCUT2D eigenvalue weighted by Gasteiger charge is 2.13. The summed E-state index contributed by atoms with van der Waals surface area (Å²) in [4.78, 5) is 14.7. The fraction of sp³-hybridized carbons (Fsp3) is 0.278. The summed E-state index contributed by atoms with van der Waals surface area (Å²) in [6.07, 6.45) is 3.79. The highest BCUT2D eigenvalue weighted by Crippen LogP contribution is 2.32. The zero-order valence-electron chi connectivity index (χ0n) is 14.4. The number of aromatic nitrogens is 3. The van der Waals surface area contributed by atoms with Gasteiger partial charge < -0.3 is 10.4 Å². The molecule has 5 nitrogen and oxygen atoms in total. The fourth-order valence-electron chi connectivity index (χ4n) is 2.39. The SMILES string of the molecule is CSc1nc(-c2cnc(NC(C)C)s2)cc(-c2ccccc2CO)n1. The van der Waals surface area contributed by atoms with Gasteiger partial charge in [-0.3, -0.25) is 0 Å². The first kappa shape index (κ1) is 17.8. The van der Waals surface area contributed by atoms with Gasteiger partial charge in [0.2, 0.25) is 0 Å². The van der Waals surface area contributed by atoms with E-state index in [-0.39, 0.29) is 6.61 Å². The first-order valence-corrected chi connectivity index (χ1v) is 9.99. The number of hydrogen-bond donors (Lipinski definition) is 2. The Balaban J connectivity index is 2.05. The van der Waals surface area contributed by atoms with Crippen LogP contribution < -0.4 is 5.32 Å². The lowest BCUT2D eigenvalue weighted by molar-refractivity contribution is 0.282. The van der Waals surface area contributed by atoms with Crippen LogP contribution in [0.25, 0.3) is 21.8 Å². The minimum Gasteiger partial charge on any atom is -0.392 e. The Morgan fingerprint density at radius 2 is 1.96 bits per heavy atom. The van der Waals surface area contributed by atoms with Gasteiger partial charge in [0.15, 0.2) is 10.3 Å². The molecular formula is C18H20N4OS2. The van der Waals surface area contributed by atoms with Gasteiger partial charge in [-0.1, -0.05) is 47.4 Å². The molecule has 0 radical (unpaired) electrons. The van der Waals surface area contributed by atoms with Gasteiger partial charge >= 0.3 is 0 Å². The van der Waals surface area contributed by atoms with Crippen LogP contribution in [-0.4, -0.2) is 32.4 Å². The minimum absolute atomic E-state index is 0.0207. The number of nitrogens with one attached hydrogen (secondary N) is 1. The van der Waals surface area contributed by atoms with Crippen LogP contribution in [0.5, 0.6) is 0 Å². The summed E-state index contributed by atoms with van der Waals surface area (Å²) >= 11 is 3.08. The molecule has 25 heavy (non-hydrogen) atoms. The number of anilines is 1. The van der Waals surface area contributed by atoms with Crippen LogP contribution in [0.15, 0.2) is 41.7 Å². The molecule has 0 saturated carbocycles. The normalized spacial score (nSPS) is 11.1. The number of thioether (sulfide) groups is 1. The van der Waals surface area contributed by atoms with Gasteiger partial charge in [0.1, 0.15) is 0 Å². The first-order chi connectivity index (χ1) is 12.1. The lowest BCUT2D eigenvalue weighted by Gasteiger charge is -2.09. The van der Waals surface area contributed by atoms with Crippen LogP contribution in [-0.2, 0) is 6.61 Å². The standard InChI is InChI=1S/C18H20N4OS2/c1-11(2)20-17-19-9-16(25-17)15-8-14(21-18(22-15)24-3)13-7-5-4-6-12(13)10-23/h4-9,11,23H,10H2,1-3H3,(H,19,20).